The Morgan fingerprint density at radius 2 is 2.00 bits per heavy atom. The summed E-state index contributed by atoms with van der Waals surface area (Å²) in [5, 5.41) is 0. The van der Waals surface area contributed by atoms with Gasteiger partial charge in [0.25, 0.3) is 0 Å². The molecule has 0 saturated carbocycles. The van der Waals surface area contributed by atoms with Crippen LogP contribution in [0.25, 0.3) is 6.08 Å². The molecule has 0 radical (unpaired) electrons. The number of carbonyl (C=O) groups excluding carboxylic acids is 1. The van der Waals surface area contributed by atoms with Gasteiger partial charge in [0, 0.05) is 6.08 Å². The Morgan fingerprint density at radius 3 is 2.59 bits per heavy atom. The van der Waals surface area contributed by atoms with Crippen molar-refractivity contribution in [3.05, 3.63) is 66.3 Å². The van der Waals surface area contributed by atoms with Crippen LogP contribution in [0.15, 0.2) is 55.1 Å². The van der Waals surface area contributed by atoms with E-state index < -0.39 is 0 Å². The third-order valence-corrected chi connectivity index (χ3v) is 2.13. The molecule has 0 fully saturated rings. The standard InChI is InChI=1S/C15H16O2/c1-3-5-6-7-15(16)17-12-14-10-8-13(4-2)9-11-14/h3-11H,2,12H2,1H3. The van der Waals surface area contributed by atoms with E-state index in [9.17, 15) is 4.79 Å². The summed E-state index contributed by atoms with van der Waals surface area (Å²) in [7, 11) is 0. The van der Waals surface area contributed by atoms with E-state index in [4.69, 9.17) is 4.74 Å². The largest absolute Gasteiger partial charge is 0.458 e. The molecule has 1 aromatic rings. The molecule has 0 spiro atoms. The van der Waals surface area contributed by atoms with Crippen molar-refractivity contribution in [3.63, 3.8) is 0 Å². The Balaban J connectivity index is 2.44. The lowest BCUT2D eigenvalue weighted by atomic mass is 10.1. The molecule has 0 aliphatic heterocycles. The van der Waals surface area contributed by atoms with Crippen molar-refractivity contribution in [2.24, 2.45) is 0 Å². The van der Waals surface area contributed by atoms with Crippen molar-refractivity contribution >= 4 is 12.0 Å². The third-order valence-electron chi connectivity index (χ3n) is 2.13. The molecule has 0 atom stereocenters. The fourth-order valence-electron chi connectivity index (χ4n) is 1.20. The normalized spacial score (nSPS) is 10.9. The first-order valence-corrected chi connectivity index (χ1v) is 5.43. The summed E-state index contributed by atoms with van der Waals surface area (Å²) in [5.74, 6) is -0.337. The van der Waals surface area contributed by atoms with Gasteiger partial charge in [-0.25, -0.2) is 4.79 Å². The maximum absolute atomic E-state index is 11.3. The highest BCUT2D eigenvalue weighted by molar-refractivity contribution is 5.82. The molecule has 2 nitrogen and oxygen atoms in total. The first-order valence-electron chi connectivity index (χ1n) is 5.43. The zero-order chi connectivity index (χ0) is 12.5. The number of esters is 1. The Morgan fingerprint density at radius 1 is 1.29 bits per heavy atom. The highest BCUT2D eigenvalue weighted by Crippen LogP contribution is 2.06. The average molecular weight is 228 g/mol. The van der Waals surface area contributed by atoms with Gasteiger partial charge in [0.05, 0.1) is 0 Å². The summed E-state index contributed by atoms with van der Waals surface area (Å²) in [5.41, 5.74) is 2.01. The number of rotatable bonds is 5. The fraction of sp³-hybridized carbons (Fsp3) is 0.133. The first-order chi connectivity index (χ1) is 8.26. The van der Waals surface area contributed by atoms with Crippen molar-refractivity contribution in [2.45, 2.75) is 13.5 Å². The van der Waals surface area contributed by atoms with Gasteiger partial charge in [0.2, 0.25) is 0 Å². The summed E-state index contributed by atoms with van der Waals surface area (Å²) in [6.45, 7) is 5.85. The number of hydrogen-bond acceptors (Lipinski definition) is 2. The molecule has 0 bridgehead atoms. The van der Waals surface area contributed by atoms with E-state index in [0.29, 0.717) is 0 Å². The van der Waals surface area contributed by atoms with Gasteiger partial charge in [-0.05, 0) is 18.1 Å². The van der Waals surface area contributed by atoms with Crippen molar-refractivity contribution in [3.8, 4) is 0 Å². The summed E-state index contributed by atoms with van der Waals surface area (Å²) < 4.78 is 5.06. The minimum Gasteiger partial charge on any atom is -0.458 e. The van der Waals surface area contributed by atoms with Crippen molar-refractivity contribution in [1.82, 2.24) is 0 Å². The molecule has 0 aromatic heterocycles. The van der Waals surface area contributed by atoms with E-state index in [0.717, 1.165) is 11.1 Å². The molecule has 0 N–H and O–H groups in total. The third kappa shape index (κ3) is 4.98. The highest BCUT2D eigenvalue weighted by atomic mass is 16.5. The SMILES string of the molecule is C=Cc1ccc(COC(=O)C=CC=CC)cc1. The van der Waals surface area contributed by atoms with Crippen LogP contribution in [0, 0.1) is 0 Å². The van der Waals surface area contributed by atoms with Crippen LogP contribution in [-0.4, -0.2) is 5.97 Å². The van der Waals surface area contributed by atoms with Crippen LogP contribution in [0.1, 0.15) is 18.1 Å². The van der Waals surface area contributed by atoms with Gasteiger partial charge in [-0.15, -0.1) is 0 Å². The molecule has 17 heavy (non-hydrogen) atoms. The van der Waals surface area contributed by atoms with Gasteiger partial charge >= 0.3 is 5.97 Å². The van der Waals surface area contributed by atoms with E-state index in [1.54, 1.807) is 18.2 Å². The lowest BCUT2D eigenvalue weighted by molar-refractivity contribution is -0.139. The maximum atomic E-state index is 11.3. The molecule has 1 rings (SSSR count). The number of allylic oxidation sites excluding steroid dienone is 3. The van der Waals surface area contributed by atoms with Crippen LogP contribution in [-0.2, 0) is 16.1 Å². The lowest BCUT2D eigenvalue weighted by Crippen LogP contribution is -2.00. The van der Waals surface area contributed by atoms with Crippen LogP contribution in [0.2, 0.25) is 0 Å². The first kappa shape index (κ1) is 13.0. The predicted molar refractivity (Wildman–Crippen MR) is 70.3 cm³/mol. The quantitative estimate of drug-likeness (QED) is 0.438. The molecule has 2 heteroatoms. The molecule has 0 amide bonds. The summed E-state index contributed by atoms with van der Waals surface area (Å²) in [6.07, 6.45) is 8.45. The topological polar surface area (TPSA) is 26.3 Å². The molecule has 0 heterocycles. The lowest BCUT2D eigenvalue weighted by Gasteiger charge is -2.02. The van der Waals surface area contributed by atoms with Crippen molar-refractivity contribution in [1.29, 1.82) is 0 Å². The van der Waals surface area contributed by atoms with E-state index in [2.05, 4.69) is 6.58 Å². The zero-order valence-corrected chi connectivity index (χ0v) is 9.93. The van der Waals surface area contributed by atoms with Gasteiger partial charge in [-0.1, -0.05) is 55.1 Å². The van der Waals surface area contributed by atoms with E-state index in [1.165, 1.54) is 6.08 Å². The van der Waals surface area contributed by atoms with Gasteiger partial charge in [0.15, 0.2) is 0 Å². The van der Waals surface area contributed by atoms with Crippen LogP contribution in [0.5, 0.6) is 0 Å². The van der Waals surface area contributed by atoms with Gasteiger partial charge in [0.1, 0.15) is 6.61 Å². The van der Waals surface area contributed by atoms with E-state index in [1.807, 2.05) is 37.3 Å². The number of hydrogen-bond donors (Lipinski definition) is 0. The fourth-order valence-corrected chi connectivity index (χ4v) is 1.20. The Hall–Kier alpha value is -2.09. The second-order valence-corrected chi connectivity index (χ2v) is 3.44. The van der Waals surface area contributed by atoms with Crippen LogP contribution in [0.3, 0.4) is 0 Å². The molecule has 0 saturated heterocycles. The number of ether oxygens (including phenoxy) is 1. The van der Waals surface area contributed by atoms with Gasteiger partial charge in [-0.2, -0.15) is 0 Å². The summed E-state index contributed by atoms with van der Waals surface area (Å²) >= 11 is 0. The van der Waals surface area contributed by atoms with Gasteiger partial charge < -0.3 is 4.74 Å². The molecule has 0 aliphatic carbocycles. The molecule has 0 unspecified atom stereocenters. The Labute approximate surface area is 102 Å². The van der Waals surface area contributed by atoms with Crippen LogP contribution >= 0.6 is 0 Å². The van der Waals surface area contributed by atoms with Crippen LogP contribution < -0.4 is 0 Å². The second-order valence-electron chi connectivity index (χ2n) is 3.44. The average Bonchev–Trinajstić information content (AvgIpc) is 2.37. The Bertz CT molecular complexity index is 425. The van der Waals surface area contributed by atoms with E-state index in [-0.39, 0.29) is 12.6 Å². The number of carbonyl (C=O) groups is 1. The summed E-state index contributed by atoms with van der Waals surface area (Å²) in [6, 6.07) is 7.71. The second kappa shape index (κ2) is 7.23. The molecular formula is C15H16O2. The van der Waals surface area contributed by atoms with E-state index >= 15 is 0 Å². The molecule has 0 aliphatic rings. The molecule has 88 valence electrons. The number of benzene rings is 1. The maximum Gasteiger partial charge on any atom is 0.331 e. The zero-order valence-electron chi connectivity index (χ0n) is 9.93. The predicted octanol–water partition coefficient (Wildman–Crippen LogP) is 3.51. The summed E-state index contributed by atoms with van der Waals surface area (Å²) in [4.78, 5) is 11.3. The monoisotopic (exact) mass is 228 g/mol. The minimum absolute atomic E-state index is 0.288. The van der Waals surface area contributed by atoms with Crippen molar-refractivity contribution in [2.75, 3.05) is 0 Å². The minimum atomic E-state index is -0.337. The Kier molecular flexibility index (Phi) is 5.52. The molecular weight excluding hydrogens is 212 g/mol. The van der Waals surface area contributed by atoms with Crippen LogP contribution in [0.4, 0.5) is 0 Å². The van der Waals surface area contributed by atoms with Gasteiger partial charge in [-0.3, -0.25) is 0 Å². The smallest absolute Gasteiger partial charge is 0.331 e. The highest BCUT2D eigenvalue weighted by Gasteiger charge is 1.97. The van der Waals surface area contributed by atoms with Crippen molar-refractivity contribution < 1.29 is 9.53 Å². The molecule has 1 aromatic carbocycles.